The molecule has 1 amide bonds. The number of methoxy groups -OCH3 is 1. The molecule has 0 bridgehead atoms. The van der Waals surface area contributed by atoms with E-state index in [1.54, 1.807) is 13.2 Å². The van der Waals surface area contributed by atoms with E-state index in [1.807, 2.05) is 62.5 Å². The molecule has 1 N–H and O–H groups in total. The number of rotatable bonds is 9. The Bertz CT molecular complexity index is 661. The number of para-hydroxylation sites is 1. The Morgan fingerprint density at radius 2 is 1.84 bits per heavy atom. The number of hydrogen-bond acceptors (Lipinski definition) is 4. The van der Waals surface area contributed by atoms with Crippen molar-refractivity contribution < 1.29 is 14.3 Å². The highest BCUT2D eigenvalue weighted by Gasteiger charge is 2.18. The van der Waals surface area contributed by atoms with Crippen molar-refractivity contribution >= 4 is 11.6 Å². The molecule has 25 heavy (non-hydrogen) atoms. The molecule has 0 fully saturated rings. The first-order valence-electron chi connectivity index (χ1n) is 8.48. The maximum absolute atomic E-state index is 12.4. The van der Waals surface area contributed by atoms with Gasteiger partial charge in [0.25, 0.3) is 5.91 Å². The summed E-state index contributed by atoms with van der Waals surface area (Å²) in [6, 6.07) is 17.4. The van der Waals surface area contributed by atoms with Crippen molar-refractivity contribution in [1.29, 1.82) is 0 Å². The zero-order valence-corrected chi connectivity index (χ0v) is 15.1. The molecular formula is C20H26N2O3. The number of benzene rings is 2. The molecule has 134 valence electrons. The average molecular weight is 342 g/mol. The fraction of sp³-hybridized carbons (Fsp3) is 0.350. The van der Waals surface area contributed by atoms with E-state index in [0.717, 1.165) is 12.2 Å². The van der Waals surface area contributed by atoms with Crippen LogP contribution >= 0.6 is 0 Å². The monoisotopic (exact) mass is 342 g/mol. The largest absolute Gasteiger partial charge is 0.497 e. The second-order valence-electron chi connectivity index (χ2n) is 5.74. The Labute approximate surface area is 149 Å². The minimum absolute atomic E-state index is 0.105. The number of nitrogens with one attached hydrogen (secondary N) is 1. The Morgan fingerprint density at radius 1 is 1.12 bits per heavy atom. The number of ether oxygens (including phenoxy) is 2. The summed E-state index contributed by atoms with van der Waals surface area (Å²) in [6.45, 7) is 3.22. The van der Waals surface area contributed by atoms with Crippen LogP contribution in [-0.4, -0.2) is 39.3 Å². The van der Waals surface area contributed by atoms with Gasteiger partial charge in [-0.1, -0.05) is 31.2 Å². The minimum atomic E-state index is -0.519. The van der Waals surface area contributed by atoms with Crippen LogP contribution in [0.1, 0.15) is 13.3 Å². The number of anilines is 1. The lowest BCUT2D eigenvalue weighted by molar-refractivity contribution is -0.128. The van der Waals surface area contributed by atoms with E-state index in [2.05, 4.69) is 10.2 Å². The molecule has 0 saturated carbocycles. The maximum Gasteiger partial charge on any atom is 0.261 e. The van der Waals surface area contributed by atoms with Crippen LogP contribution in [0.25, 0.3) is 0 Å². The van der Waals surface area contributed by atoms with Gasteiger partial charge in [-0.2, -0.15) is 0 Å². The van der Waals surface area contributed by atoms with Gasteiger partial charge in [-0.05, 0) is 30.7 Å². The lowest BCUT2D eigenvalue weighted by Crippen LogP contribution is -2.41. The predicted octanol–water partition coefficient (Wildman–Crippen LogP) is 3.11. The molecule has 0 aromatic heterocycles. The van der Waals surface area contributed by atoms with Crippen molar-refractivity contribution in [1.82, 2.24) is 5.32 Å². The smallest absolute Gasteiger partial charge is 0.261 e. The van der Waals surface area contributed by atoms with Gasteiger partial charge < -0.3 is 19.7 Å². The first kappa shape index (κ1) is 18.6. The third-order valence-electron chi connectivity index (χ3n) is 3.93. The molecule has 2 rings (SSSR count). The molecule has 0 aliphatic carbocycles. The number of carbonyl (C=O) groups excluding carboxylic acids is 1. The summed E-state index contributed by atoms with van der Waals surface area (Å²) < 4.78 is 11.0. The van der Waals surface area contributed by atoms with Crippen molar-refractivity contribution in [2.24, 2.45) is 0 Å². The summed E-state index contributed by atoms with van der Waals surface area (Å²) in [5.74, 6) is 1.23. The molecule has 5 nitrogen and oxygen atoms in total. The van der Waals surface area contributed by atoms with Crippen LogP contribution in [0.3, 0.4) is 0 Å². The van der Waals surface area contributed by atoms with Gasteiger partial charge >= 0.3 is 0 Å². The Hall–Kier alpha value is -2.69. The van der Waals surface area contributed by atoms with Crippen molar-refractivity contribution in [3.05, 3.63) is 54.6 Å². The number of likely N-dealkylation sites (N-methyl/N-ethyl adjacent to an activating group) is 1. The van der Waals surface area contributed by atoms with Crippen LogP contribution in [0.15, 0.2) is 54.6 Å². The minimum Gasteiger partial charge on any atom is -0.497 e. The SMILES string of the molecule is CC[C@@H](Oc1cccc(OC)c1)C(=O)NCCN(C)c1ccccc1. The summed E-state index contributed by atoms with van der Waals surface area (Å²) in [5, 5.41) is 2.95. The fourth-order valence-electron chi connectivity index (χ4n) is 2.43. The number of carbonyl (C=O) groups is 1. The lowest BCUT2D eigenvalue weighted by atomic mass is 10.2. The average Bonchev–Trinajstić information content (AvgIpc) is 2.66. The predicted molar refractivity (Wildman–Crippen MR) is 100 cm³/mol. The van der Waals surface area contributed by atoms with Gasteiger partial charge in [0.1, 0.15) is 11.5 Å². The normalized spacial score (nSPS) is 11.5. The van der Waals surface area contributed by atoms with Gasteiger partial charge in [-0.25, -0.2) is 0 Å². The topological polar surface area (TPSA) is 50.8 Å². The molecule has 0 aliphatic rings. The van der Waals surface area contributed by atoms with Crippen molar-refractivity contribution in [3.63, 3.8) is 0 Å². The molecule has 0 radical (unpaired) electrons. The molecule has 0 saturated heterocycles. The molecule has 0 aliphatic heterocycles. The van der Waals surface area contributed by atoms with Gasteiger partial charge in [0, 0.05) is 31.9 Å². The number of hydrogen-bond donors (Lipinski definition) is 1. The van der Waals surface area contributed by atoms with Crippen molar-refractivity contribution in [3.8, 4) is 11.5 Å². The molecule has 2 aromatic carbocycles. The fourth-order valence-corrected chi connectivity index (χ4v) is 2.43. The molecule has 0 spiro atoms. The Balaban J connectivity index is 1.83. The highest BCUT2D eigenvalue weighted by molar-refractivity contribution is 5.81. The highest BCUT2D eigenvalue weighted by atomic mass is 16.5. The van der Waals surface area contributed by atoms with Crippen LogP contribution in [0, 0.1) is 0 Å². The van der Waals surface area contributed by atoms with Crippen molar-refractivity contribution in [2.45, 2.75) is 19.4 Å². The Kier molecular flexibility index (Phi) is 7.14. The third-order valence-corrected chi connectivity index (χ3v) is 3.93. The summed E-state index contributed by atoms with van der Waals surface area (Å²) in [6.07, 6.45) is 0.0755. The molecule has 0 heterocycles. The molecule has 0 unspecified atom stereocenters. The number of nitrogens with zero attached hydrogens (tertiary/aromatic N) is 1. The molecule has 5 heteroatoms. The quantitative estimate of drug-likeness (QED) is 0.761. The summed E-state index contributed by atoms with van der Waals surface area (Å²) >= 11 is 0. The molecular weight excluding hydrogens is 316 g/mol. The van der Waals surface area contributed by atoms with Crippen molar-refractivity contribution in [2.75, 3.05) is 32.1 Å². The summed E-state index contributed by atoms with van der Waals surface area (Å²) in [7, 11) is 3.61. The van der Waals surface area contributed by atoms with E-state index in [1.165, 1.54) is 0 Å². The summed E-state index contributed by atoms with van der Waals surface area (Å²) in [4.78, 5) is 14.5. The van der Waals surface area contributed by atoms with E-state index >= 15 is 0 Å². The zero-order valence-electron chi connectivity index (χ0n) is 15.1. The second kappa shape index (κ2) is 9.57. The standard InChI is InChI=1S/C20H26N2O3/c1-4-19(25-18-12-8-11-17(15-18)24-3)20(23)21-13-14-22(2)16-9-6-5-7-10-16/h5-12,15,19H,4,13-14H2,1-3H3,(H,21,23)/t19-/m1/s1. The van der Waals surface area contributed by atoms with Crippen LogP contribution in [0.5, 0.6) is 11.5 Å². The Morgan fingerprint density at radius 3 is 2.52 bits per heavy atom. The van der Waals surface area contributed by atoms with Gasteiger partial charge in [-0.3, -0.25) is 4.79 Å². The van der Waals surface area contributed by atoms with Crippen LogP contribution in [0.2, 0.25) is 0 Å². The molecule has 1 atom stereocenters. The third kappa shape index (κ3) is 5.71. The van der Waals surface area contributed by atoms with Crippen LogP contribution in [-0.2, 0) is 4.79 Å². The second-order valence-corrected chi connectivity index (χ2v) is 5.74. The first-order valence-corrected chi connectivity index (χ1v) is 8.48. The van der Waals surface area contributed by atoms with Crippen LogP contribution in [0.4, 0.5) is 5.69 Å². The van der Waals surface area contributed by atoms with Gasteiger partial charge in [0.05, 0.1) is 7.11 Å². The van der Waals surface area contributed by atoms with E-state index < -0.39 is 6.10 Å². The maximum atomic E-state index is 12.4. The molecule has 2 aromatic rings. The van der Waals surface area contributed by atoms with Gasteiger partial charge in [-0.15, -0.1) is 0 Å². The van der Waals surface area contributed by atoms with Crippen LogP contribution < -0.4 is 19.7 Å². The van der Waals surface area contributed by atoms with E-state index in [9.17, 15) is 4.79 Å². The van der Waals surface area contributed by atoms with E-state index in [4.69, 9.17) is 9.47 Å². The number of amides is 1. The zero-order chi connectivity index (χ0) is 18.1. The van der Waals surface area contributed by atoms with Gasteiger partial charge in [0.2, 0.25) is 0 Å². The highest BCUT2D eigenvalue weighted by Crippen LogP contribution is 2.20. The summed E-state index contributed by atoms with van der Waals surface area (Å²) in [5.41, 5.74) is 1.12. The van der Waals surface area contributed by atoms with Gasteiger partial charge in [0.15, 0.2) is 6.10 Å². The van der Waals surface area contributed by atoms with E-state index in [-0.39, 0.29) is 5.91 Å². The first-order chi connectivity index (χ1) is 12.1. The van der Waals surface area contributed by atoms with E-state index in [0.29, 0.717) is 24.5 Å². The lowest BCUT2D eigenvalue weighted by Gasteiger charge is -2.21.